The fourth-order valence-electron chi connectivity index (χ4n) is 4.16. The highest BCUT2D eigenvalue weighted by molar-refractivity contribution is 6.01. The third kappa shape index (κ3) is 3.74. The lowest BCUT2D eigenvalue weighted by Gasteiger charge is -2.09. The Morgan fingerprint density at radius 3 is 2.66 bits per heavy atom. The van der Waals surface area contributed by atoms with Crippen LogP contribution in [0.5, 0.6) is 0 Å². The van der Waals surface area contributed by atoms with E-state index in [0.29, 0.717) is 5.69 Å². The summed E-state index contributed by atoms with van der Waals surface area (Å²) in [5, 5.41) is 12.6. The minimum atomic E-state index is -0.107. The van der Waals surface area contributed by atoms with Crippen LogP contribution in [0.1, 0.15) is 13.8 Å². The second-order valence-corrected chi connectivity index (χ2v) is 8.75. The second kappa shape index (κ2) is 8.25. The van der Waals surface area contributed by atoms with Gasteiger partial charge in [0.1, 0.15) is 5.69 Å². The standard InChI is InChI=1S/C27H22N6O2/c1-15(2)27(34)30-19-9-18(12-28-13-19)16-3-4-23-20(10-16)26(33-32-23)24-11-21-22(31-24)5-7-29-25(21)17-6-8-35-14-17/h3-15,31H,1-2H3,(H,30,34)(H,32,33). The summed E-state index contributed by atoms with van der Waals surface area (Å²) in [6.45, 7) is 3.72. The van der Waals surface area contributed by atoms with Crippen LogP contribution in [0.25, 0.3) is 55.6 Å². The molecule has 0 radical (unpaired) electrons. The molecule has 6 rings (SSSR count). The number of hydrogen-bond acceptors (Lipinski definition) is 5. The molecule has 0 aliphatic carbocycles. The first-order valence-corrected chi connectivity index (χ1v) is 11.3. The highest BCUT2D eigenvalue weighted by Gasteiger charge is 2.16. The Bertz CT molecular complexity index is 1680. The molecule has 0 saturated carbocycles. The Labute approximate surface area is 200 Å². The number of aromatic nitrogens is 5. The Hall–Kier alpha value is -4.72. The molecule has 1 amide bonds. The molecular formula is C27H22N6O2. The summed E-state index contributed by atoms with van der Waals surface area (Å²) in [6, 6.07) is 13.9. The first-order chi connectivity index (χ1) is 17.1. The van der Waals surface area contributed by atoms with Crippen molar-refractivity contribution in [2.45, 2.75) is 13.8 Å². The first kappa shape index (κ1) is 20.9. The van der Waals surface area contributed by atoms with E-state index in [2.05, 4.69) is 42.6 Å². The van der Waals surface area contributed by atoms with Gasteiger partial charge in [-0.2, -0.15) is 5.10 Å². The third-order valence-corrected chi connectivity index (χ3v) is 6.02. The first-order valence-electron chi connectivity index (χ1n) is 11.3. The summed E-state index contributed by atoms with van der Waals surface area (Å²) in [5.74, 6) is -0.149. The predicted octanol–water partition coefficient (Wildman–Crippen LogP) is 6.02. The summed E-state index contributed by atoms with van der Waals surface area (Å²) in [6.07, 6.45) is 8.56. The molecule has 0 spiro atoms. The van der Waals surface area contributed by atoms with Crippen molar-refractivity contribution in [2.75, 3.05) is 5.32 Å². The van der Waals surface area contributed by atoms with Gasteiger partial charge in [-0.1, -0.05) is 19.9 Å². The molecule has 0 fully saturated rings. The number of benzene rings is 1. The minimum absolute atomic E-state index is 0.0420. The highest BCUT2D eigenvalue weighted by atomic mass is 16.3. The van der Waals surface area contributed by atoms with Crippen LogP contribution in [0.4, 0.5) is 5.69 Å². The molecule has 5 aromatic heterocycles. The summed E-state index contributed by atoms with van der Waals surface area (Å²) >= 11 is 0. The maximum atomic E-state index is 12.1. The third-order valence-electron chi connectivity index (χ3n) is 6.02. The summed E-state index contributed by atoms with van der Waals surface area (Å²) in [7, 11) is 0. The van der Waals surface area contributed by atoms with Gasteiger partial charge in [-0.15, -0.1) is 0 Å². The molecular weight excluding hydrogens is 440 g/mol. The molecule has 0 aliphatic heterocycles. The van der Waals surface area contributed by atoms with E-state index in [9.17, 15) is 4.79 Å². The van der Waals surface area contributed by atoms with E-state index in [-0.39, 0.29) is 11.8 Å². The Morgan fingerprint density at radius 2 is 1.83 bits per heavy atom. The van der Waals surface area contributed by atoms with E-state index in [0.717, 1.165) is 55.6 Å². The maximum Gasteiger partial charge on any atom is 0.226 e. The number of amides is 1. The Morgan fingerprint density at radius 1 is 0.943 bits per heavy atom. The number of pyridine rings is 2. The van der Waals surface area contributed by atoms with Crippen molar-refractivity contribution in [3.63, 3.8) is 0 Å². The zero-order chi connectivity index (χ0) is 23.9. The van der Waals surface area contributed by atoms with Crippen molar-refractivity contribution in [3.05, 3.63) is 73.6 Å². The largest absolute Gasteiger partial charge is 0.472 e. The van der Waals surface area contributed by atoms with Crippen molar-refractivity contribution >= 4 is 33.4 Å². The SMILES string of the molecule is CC(C)C(=O)Nc1cncc(-c2ccc3[nH]nc(-c4cc5c(-c6ccoc6)nccc5[nH]4)c3c2)c1. The molecule has 0 bridgehead atoms. The van der Waals surface area contributed by atoms with Gasteiger partial charge in [-0.05, 0) is 42.0 Å². The lowest BCUT2D eigenvalue weighted by Crippen LogP contribution is -2.17. The Kier molecular flexibility index (Phi) is 4.92. The molecule has 5 heterocycles. The Balaban J connectivity index is 1.41. The number of rotatable bonds is 5. The van der Waals surface area contributed by atoms with Crippen LogP contribution in [0.2, 0.25) is 0 Å². The van der Waals surface area contributed by atoms with Crippen molar-refractivity contribution in [3.8, 4) is 33.8 Å². The van der Waals surface area contributed by atoms with Gasteiger partial charge in [0, 0.05) is 45.7 Å². The zero-order valence-electron chi connectivity index (χ0n) is 19.2. The van der Waals surface area contributed by atoms with Gasteiger partial charge in [0.25, 0.3) is 0 Å². The van der Waals surface area contributed by atoms with E-state index >= 15 is 0 Å². The van der Waals surface area contributed by atoms with Gasteiger partial charge in [-0.25, -0.2) is 0 Å². The van der Waals surface area contributed by atoms with Crippen molar-refractivity contribution in [1.82, 2.24) is 25.1 Å². The number of anilines is 1. The molecule has 8 heteroatoms. The molecule has 6 aromatic rings. The summed E-state index contributed by atoms with van der Waals surface area (Å²) in [4.78, 5) is 24.5. The number of nitrogens with zero attached hydrogens (tertiary/aromatic N) is 3. The number of H-pyrrole nitrogens is 2. The lowest BCUT2D eigenvalue weighted by atomic mass is 10.0. The van der Waals surface area contributed by atoms with Gasteiger partial charge < -0.3 is 14.7 Å². The fraction of sp³-hybridized carbons (Fsp3) is 0.111. The fourth-order valence-corrected chi connectivity index (χ4v) is 4.16. The van der Waals surface area contributed by atoms with Crippen LogP contribution in [0.15, 0.2) is 78.0 Å². The van der Waals surface area contributed by atoms with E-state index in [1.807, 2.05) is 44.2 Å². The van der Waals surface area contributed by atoms with Crippen LogP contribution < -0.4 is 5.32 Å². The zero-order valence-corrected chi connectivity index (χ0v) is 19.2. The molecule has 35 heavy (non-hydrogen) atoms. The maximum absolute atomic E-state index is 12.1. The molecule has 0 unspecified atom stereocenters. The van der Waals surface area contributed by atoms with Crippen LogP contribution in [-0.4, -0.2) is 31.1 Å². The number of carbonyl (C=O) groups is 1. The average Bonchev–Trinajstić information content (AvgIpc) is 3.62. The number of fused-ring (bicyclic) bond motifs is 2. The van der Waals surface area contributed by atoms with Gasteiger partial charge in [-0.3, -0.25) is 19.9 Å². The van der Waals surface area contributed by atoms with Crippen LogP contribution in [0, 0.1) is 5.92 Å². The number of furan rings is 1. The molecule has 3 N–H and O–H groups in total. The molecule has 8 nitrogen and oxygen atoms in total. The van der Waals surface area contributed by atoms with Crippen molar-refractivity contribution in [2.24, 2.45) is 5.92 Å². The molecule has 172 valence electrons. The monoisotopic (exact) mass is 462 g/mol. The lowest BCUT2D eigenvalue weighted by molar-refractivity contribution is -0.118. The average molecular weight is 463 g/mol. The normalized spacial score (nSPS) is 11.5. The minimum Gasteiger partial charge on any atom is -0.472 e. The smallest absolute Gasteiger partial charge is 0.226 e. The quantitative estimate of drug-likeness (QED) is 0.290. The van der Waals surface area contributed by atoms with Gasteiger partial charge in [0.15, 0.2) is 0 Å². The summed E-state index contributed by atoms with van der Waals surface area (Å²) < 4.78 is 5.26. The van der Waals surface area contributed by atoms with E-state index in [1.54, 1.807) is 31.1 Å². The van der Waals surface area contributed by atoms with E-state index in [1.165, 1.54) is 0 Å². The highest BCUT2D eigenvalue weighted by Crippen LogP contribution is 2.34. The topological polar surface area (TPSA) is 112 Å². The van der Waals surface area contributed by atoms with Crippen molar-refractivity contribution in [1.29, 1.82) is 0 Å². The van der Waals surface area contributed by atoms with Crippen LogP contribution in [-0.2, 0) is 4.79 Å². The van der Waals surface area contributed by atoms with Gasteiger partial charge >= 0.3 is 0 Å². The molecule has 0 saturated heterocycles. The second-order valence-electron chi connectivity index (χ2n) is 8.75. The number of hydrogen-bond donors (Lipinski definition) is 3. The number of carbonyl (C=O) groups excluding carboxylic acids is 1. The molecule has 0 aliphatic rings. The van der Waals surface area contributed by atoms with Crippen molar-refractivity contribution < 1.29 is 9.21 Å². The van der Waals surface area contributed by atoms with Gasteiger partial charge in [0.2, 0.25) is 5.91 Å². The predicted molar refractivity (Wildman–Crippen MR) is 136 cm³/mol. The van der Waals surface area contributed by atoms with E-state index < -0.39 is 0 Å². The number of nitrogens with one attached hydrogen (secondary N) is 3. The van der Waals surface area contributed by atoms with Crippen LogP contribution >= 0.6 is 0 Å². The molecule has 1 aromatic carbocycles. The van der Waals surface area contributed by atoms with E-state index in [4.69, 9.17) is 4.42 Å². The van der Waals surface area contributed by atoms with Crippen LogP contribution in [0.3, 0.4) is 0 Å². The van der Waals surface area contributed by atoms with Gasteiger partial charge in [0.05, 0.1) is 41.3 Å². The number of aromatic amines is 2. The summed E-state index contributed by atoms with van der Waals surface area (Å²) in [5.41, 5.74) is 7.92. The molecule has 0 atom stereocenters.